The Labute approximate surface area is 108 Å². The summed E-state index contributed by atoms with van der Waals surface area (Å²) in [6.45, 7) is 0.204. The number of thiophene rings is 1. The lowest BCUT2D eigenvalue weighted by molar-refractivity contribution is -0.129. The number of aromatic amines is 1. The summed E-state index contributed by atoms with van der Waals surface area (Å²) in [7, 11) is 3.44. The lowest BCUT2D eigenvalue weighted by Gasteiger charge is -2.11. The third kappa shape index (κ3) is 2.45. The maximum atomic E-state index is 11.7. The molecule has 0 unspecified atom stereocenters. The van der Waals surface area contributed by atoms with Gasteiger partial charge in [0.15, 0.2) is 10.6 Å². The second-order valence-electron chi connectivity index (χ2n) is 3.70. The van der Waals surface area contributed by atoms with Gasteiger partial charge >= 0.3 is 0 Å². The SMILES string of the molecule is CN(C)C(=O)Cn1c(-c2cccs2)n[nH]c1=S. The molecule has 0 fully saturated rings. The summed E-state index contributed by atoms with van der Waals surface area (Å²) in [5.74, 6) is 0.695. The van der Waals surface area contributed by atoms with Gasteiger partial charge in [-0.3, -0.25) is 14.5 Å². The van der Waals surface area contributed by atoms with Crippen molar-refractivity contribution in [3.63, 3.8) is 0 Å². The Hall–Kier alpha value is -1.47. The van der Waals surface area contributed by atoms with E-state index in [1.54, 1.807) is 30.0 Å². The fourth-order valence-electron chi connectivity index (χ4n) is 1.33. The number of rotatable bonds is 3. The maximum absolute atomic E-state index is 11.7. The van der Waals surface area contributed by atoms with Crippen molar-refractivity contribution in [3.8, 4) is 10.7 Å². The first-order chi connectivity index (χ1) is 8.09. The average molecular weight is 268 g/mol. The Morgan fingerprint density at radius 2 is 2.41 bits per heavy atom. The fraction of sp³-hybridized carbons (Fsp3) is 0.300. The van der Waals surface area contributed by atoms with Gasteiger partial charge < -0.3 is 4.90 Å². The van der Waals surface area contributed by atoms with Crippen LogP contribution in [-0.4, -0.2) is 39.7 Å². The summed E-state index contributed by atoms with van der Waals surface area (Å²) in [5.41, 5.74) is 0. The summed E-state index contributed by atoms with van der Waals surface area (Å²) >= 11 is 6.70. The third-order valence-corrected chi connectivity index (χ3v) is 3.47. The molecule has 1 amide bonds. The second-order valence-corrected chi connectivity index (χ2v) is 5.04. The topological polar surface area (TPSA) is 53.9 Å². The van der Waals surface area contributed by atoms with Gasteiger partial charge in [-0.2, -0.15) is 5.10 Å². The highest BCUT2D eigenvalue weighted by Gasteiger charge is 2.13. The van der Waals surface area contributed by atoms with E-state index < -0.39 is 0 Å². The minimum atomic E-state index is -0.0136. The number of amides is 1. The second kappa shape index (κ2) is 4.80. The highest BCUT2D eigenvalue weighted by Crippen LogP contribution is 2.22. The Kier molecular flexibility index (Phi) is 3.39. The number of hydrogen-bond acceptors (Lipinski definition) is 4. The number of H-pyrrole nitrogens is 1. The highest BCUT2D eigenvalue weighted by atomic mass is 32.1. The van der Waals surface area contributed by atoms with E-state index in [1.807, 2.05) is 17.5 Å². The quantitative estimate of drug-likeness (QED) is 0.863. The van der Waals surface area contributed by atoms with Crippen molar-refractivity contribution in [2.75, 3.05) is 14.1 Å². The van der Waals surface area contributed by atoms with Crippen LogP contribution in [0.25, 0.3) is 10.7 Å². The normalized spacial score (nSPS) is 10.5. The average Bonchev–Trinajstić information content (AvgIpc) is 2.89. The van der Waals surface area contributed by atoms with Crippen LogP contribution in [0.4, 0.5) is 0 Å². The molecule has 0 aromatic carbocycles. The van der Waals surface area contributed by atoms with Crippen molar-refractivity contribution in [1.29, 1.82) is 0 Å². The molecular formula is C10H12N4OS2. The van der Waals surface area contributed by atoms with E-state index in [0.717, 1.165) is 4.88 Å². The van der Waals surface area contributed by atoms with Crippen LogP contribution in [0.2, 0.25) is 0 Å². The molecule has 2 heterocycles. The zero-order chi connectivity index (χ0) is 12.4. The molecule has 0 saturated heterocycles. The Balaban J connectivity index is 2.37. The summed E-state index contributed by atoms with van der Waals surface area (Å²) in [4.78, 5) is 14.2. The van der Waals surface area contributed by atoms with Crippen LogP contribution in [0.3, 0.4) is 0 Å². The lowest BCUT2D eigenvalue weighted by atomic mass is 10.4. The predicted molar refractivity (Wildman–Crippen MR) is 69.4 cm³/mol. The Morgan fingerprint density at radius 1 is 1.65 bits per heavy atom. The Morgan fingerprint density at radius 3 is 3.00 bits per heavy atom. The summed E-state index contributed by atoms with van der Waals surface area (Å²) in [5, 5.41) is 8.84. The molecule has 90 valence electrons. The van der Waals surface area contributed by atoms with Gasteiger partial charge in [0, 0.05) is 14.1 Å². The van der Waals surface area contributed by atoms with E-state index in [2.05, 4.69) is 10.2 Å². The largest absolute Gasteiger partial charge is 0.347 e. The van der Waals surface area contributed by atoms with Crippen LogP contribution < -0.4 is 0 Å². The van der Waals surface area contributed by atoms with Gasteiger partial charge in [0.05, 0.1) is 4.88 Å². The van der Waals surface area contributed by atoms with Gasteiger partial charge in [-0.05, 0) is 23.7 Å². The summed E-state index contributed by atoms with van der Waals surface area (Å²) in [6.07, 6.45) is 0. The van der Waals surface area contributed by atoms with Crippen molar-refractivity contribution in [3.05, 3.63) is 22.3 Å². The van der Waals surface area contributed by atoms with Crippen LogP contribution in [-0.2, 0) is 11.3 Å². The van der Waals surface area contributed by atoms with Crippen LogP contribution in [0, 0.1) is 4.77 Å². The van der Waals surface area contributed by atoms with Crippen LogP contribution in [0.15, 0.2) is 17.5 Å². The highest BCUT2D eigenvalue weighted by molar-refractivity contribution is 7.71. The smallest absolute Gasteiger partial charge is 0.242 e. The summed E-state index contributed by atoms with van der Waals surface area (Å²) < 4.78 is 2.17. The first-order valence-electron chi connectivity index (χ1n) is 4.99. The standard InChI is InChI=1S/C10H12N4OS2/c1-13(2)8(15)6-14-9(11-12-10(14)16)7-4-3-5-17-7/h3-5H,6H2,1-2H3,(H,12,16). The molecule has 2 aromatic heterocycles. The Bertz CT molecular complexity index is 567. The molecule has 1 N–H and O–H groups in total. The molecule has 0 aliphatic rings. The molecule has 0 aliphatic heterocycles. The van der Waals surface area contributed by atoms with E-state index in [-0.39, 0.29) is 12.5 Å². The molecule has 2 aromatic rings. The molecule has 2 rings (SSSR count). The van der Waals surface area contributed by atoms with Gasteiger partial charge in [0.1, 0.15) is 6.54 Å². The molecule has 0 radical (unpaired) electrons. The van der Waals surface area contributed by atoms with E-state index in [1.165, 1.54) is 4.90 Å². The van der Waals surface area contributed by atoms with E-state index in [9.17, 15) is 4.79 Å². The maximum Gasteiger partial charge on any atom is 0.242 e. The zero-order valence-corrected chi connectivity index (χ0v) is 11.1. The van der Waals surface area contributed by atoms with Gasteiger partial charge in [-0.1, -0.05) is 6.07 Å². The lowest BCUT2D eigenvalue weighted by Crippen LogP contribution is -2.26. The third-order valence-electron chi connectivity index (χ3n) is 2.29. The number of likely N-dealkylation sites (N-methyl/N-ethyl adjacent to an activating group) is 1. The number of hydrogen-bond donors (Lipinski definition) is 1. The first-order valence-corrected chi connectivity index (χ1v) is 6.27. The van der Waals surface area contributed by atoms with Crippen molar-refractivity contribution in [1.82, 2.24) is 19.7 Å². The van der Waals surface area contributed by atoms with Crippen molar-refractivity contribution in [2.24, 2.45) is 0 Å². The fourth-order valence-corrected chi connectivity index (χ4v) is 2.25. The summed E-state index contributed by atoms with van der Waals surface area (Å²) in [6, 6.07) is 3.89. The minimum Gasteiger partial charge on any atom is -0.347 e. The molecule has 0 aliphatic carbocycles. The van der Waals surface area contributed by atoms with Gasteiger partial charge in [-0.25, -0.2) is 0 Å². The van der Waals surface area contributed by atoms with Crippen LogP contribution >= 0.6 is 23.6 Å². The number of nitrogens with zero attached hydrogens (tertiary/aromatic N) is 3. The van der Waals surface area contributed by atoms with Gasteiger partial charge in [0.25, 0.3) is 0 Å². The van der Waals surface area contributed by atoms with Gasteiger partial charge in [-0.15, -0.1) is 11.3 Å². The monoisotopic (exact) mass is 268 g/mol. The molecule has 0 atom stereocenters. The number of aromatic nitrogens is 3. The number of carbonyl (C=O) groups excluding carboxylic acids is 1. The van der Waals surface area contributed by atoms with Crippen LogP contribution in [0.5, 0.6) is 0 Å². The van der Waals surface area contributed by atoms with Crippen molar-refractivity contribution < 1.29 is 4.79 Å². The van der Waals surface area contributed by atoms with Crippen LogP contribution in [0.1, 0.15) is 0 Å². The van der Waals surface area contributed by atoms with Gasteiger partial charge in [0.2, 0.25) is 5.91 Å². The van der Waals surface area contributed by atoms with E-state index in [0.29, 0.717) is 10.6 Å². The molecule has 5 nitrogen and oxygen atoms in total. The van der Waals surface area contributed by atoms with E-state index in [4.69, 9.17) is 12.2 Å². The molecular weight excluding hydrogens is 256 g/mol. The van der Waals surface area contributed by atoms with E-state index >= 15 is 0 Å². The van der Waals surface area contributed by atoms with Crippen molar-refractivity contribution >= 4 is 29.5 Å². The first kappa shape index (κ1) is 12.0. The number of carbonyl (C=O) groups is 1. The molecule has 0 bridgehead atoms. The molecule has 0 spiro atoms. The molecule has 17 heavy (non-hydrogen) atoms. The molecule has 0 saturated carbocycles. The molecule has 7 heteroatoms. The van der Waals surface area contributed by atoms with Crippen molar-refractivity contribution in [2.45, 2.75) is 6.54 Å². The zero-order valence-electron chi connectivity index (χ0n) is 9.51. The minimum absolute atomic E-state index is 0.0136. The predicted octanol–water partition coefficient (Wildman–Crippen LogP) is 1.76. The number of nitrogens with one attached hydrogen (secondary N) is 1.